The van der Waals surface area contributed by atoms with Gasteiger partial charge < -0.3 is 10.1 Å². The zero-order valence-corrected chi connectivity index (χ0v) is 14.8. The number of ether oxygens (including phenoxy) is 1. The van der Waals surface area contributed by atoms with Crippen molar-refractivity contribution < 1.29 is 4.74 Å². The van der Waals surface area contributed by atoms with E-state index >= 15 is 0 Å². The van der Waals surface area contributed by atoms with Gasteiger partial charge in [0.05, 0.1) is 0 Å². The van der Waals surface area contributed by atoms with Crippen LogP contribution in [0.4, 0.5) is 5.82 Å². The van der Waals surface area contributed by atoms with E-state index in [1.54, 1.807) is 18.6 Å². The number of nitrogens with zero attached hydrogens (tertiary/aromatic N) is 5. The maximum absolute atomic E-state index is 5.85. The van der Waals surface area contributed by atoms with Crippen LogP contribution in [0.5, 0.6) is 11.6 Å². The molecule has 134 valence electrons. The van der Waals surface area contributed by atoms with Crippen molar-refractivity contribution in [1.82, 2.24) is 24.9 Å². The van der Waals surface area contributed by atoms with Gasteiger partial charge in [-0.05, 0) is 42.7 Å². The number of hydrogen-bond donors (Lipinski definition) is 1. The van der Waals surface area contributed by atoms with E-state index in [1.807, 2.05) is 37.3 Å². The minimum atomic E-state index is 0.580. The quantitative estimate of drug-likeness (QED) is 0.564. The maximum atomic E-state index is 5.85. The second kappa shape index (κ2) is 7.74. The number of benzene rings is 1. The van der Waals surface area contributed by atoms with E-state index in [-0.39, 0.29) is 0 Å². The van der Waals surface area contributed by atoms with Crippen molar-refractivity contribution in [2.75, 3.05) is 11.9 Å². The van der Waals surface area contributed by atoms with Crippen LogP contribution in [0.1, 0.15) is 11.1 Å². The Bertz CT molecular complexity index is 1060. The SMILES string of the molecule is Cc1ccnc(Oc2cccc(CCNc3ncnc4nccnc34)c2)c1. The van der Waals surface area contributed by atoms with Crippen LogP contribution in [0.15, 0.2) is 61.3 Å². The lowest BCUT2D eigenvalue weighted by Gasteiger charge is -2.09. The normalized spacial score (nSPS) is 10.7. The Morgan fingerprint density at radius 2 is 1.85 bits per heavy atom. The first kappa shape index (κ1) is 16.8. The minimum Gasteiger partial charge on any atom is -0.439 e. The van der Waals surface area contributed by atoms with Gasteiger partial charge in [-0.15, -0.1) is 0 Å². The first-order chi connectivity index (χ1) is 13.3. The van der Waals surface area contributed by atoms with Gasteiger partial charge >= 0.3 is 0 Å². The molecule has 7 heteroatoms. The molecule has 4 rings (SSSR count). The summed E-state index contributed by atoms with van der Waals surface area (Å²) >= 11 is 0. The highest BCUT2D eigenvalue weighted by molar-refractivity contribution is 5.81. The van der Waals surface area contributed by atoms with E-state index in [9.17, 15) is 0 Å². The highest BCUT2D eigenvalue weighted by Gasteiger charge is 2.05. The van der Waals surface area contributed by atoms with Crippen LogP contribution in [0, 0.1) is 6.92 Å². The second-order valence-electron chi connectivity index (χ2n) is 6.05. The summed E-state index contributed by atoms with van der Waals surface area (Å²) < 4.78 is 5.85. The largest absolute Gasteiger partial charge is 0.439 e. The van der Waals surface area contributed by atoms with Crippen LogP contribution in [0.2, 0.25) is 0 Å². The summed E-state index contributed by atoms with van der Waals surface area (Å²) in [6, 6.07) is 11.8. The molecule has 27 heavy (non-hydrogen) atoms. The summed E-state index contributed by atoms with van der Waals surface area (Å²) in [7, 11) is 0. The Balaban J connectivity index is 1.41. The van der Waals surface area contributed by atoms with Gasteiger partial charge in [-0.25, -0.2) is 24.9 Å². The number of fused-ring (bicyclic) bond motifs is 1. The molecule has 0 unspecified atom stereocenters. The van der Waals surface area contributed by atoms with Gasteiger partial charge in [0.25, 0.3) is 0 Å². The Labute approximate surface area is 156 Å². The molecule has 7 nitrogen and oxygen atoms in total. The van der Waals surface area contributed by atoms with Crippen molar-refractivity contribution in [1.29, 1.82) is 0 Å². The van der Waals surface area contributed by atoms with Crippen LogP contribution in [0.25, 0.3) is 11.2 Å². The van der Waals surface area contributed by atoms with Crippen LogP contribution in [0.3, 0.4) is 0 Å². The van der Waals surface area contributed by atoms with Crippen molar-refractivity contribution in [3.63, 3.8) is 0 Å². The highest BCUT2D eigenvalue weighted by atomic mass is 16.5. The molecule has 1 N–H and O–H groups in total. The monoisotopic (exact) mass is 358 g/mol. The Morgan fingerprint density at radius 1 is 0.926 bits per heavy atom. The second-order valence-corrected chi connectivity index (χ2v) is 6.05. The third-order valence-electron chi connectivity index (χ3n) is 3.99. The summed E-state index contributed by atoms with van der Waals surface area (Å²) in [5.74, 6) is 2.05. The average Bonchev–Trinajstić information content (AvgIpc) is 2.69. The molecular formula is C20H18N6O. The molecule has 0 spiro atoms. The molecule has 0 radical (unpaired) electrons. The third-order valence-corrected chi connectivity index (χ3v) is 3.99. The number of aryl methyl sites for hydroxylation is 1. The predicted molar refractivity (Wildman–Crippen MR) is 103 cm³/mol. The molecule has 0 atom stereocenters. The molecule has 0 fully saturated rings. The van der Waals surface area contributed by atoms with Gasteiger partial charge in [0.15, 0.2) is 11.5 Å². The standard InChI is InChI=1S/C20H18N6O/c1-14-5-7-21-17(11-14)27-16-4-2-3-15(12-16)6-8-23-19-18-20(26-13-25-19)24-10-9-22-18/h2-5,7,9-13H,6,8H2,1H3,(H,23,24,25,26). The fraction of sp³-hybridized carbons (Fsp3) is 0.150. The van der Waals surface area contributed by atoms with E-state index in [1.165, 1.54) is 6.33 Å². The number of pyridine rings is 1. The van der Waals surface area contributed by atoms with E-state index < -0.39 is 0 Å². The van der Waals surface area contributed by atoms with E-state index in [0.29, 0.717) is 29.4 Å². The van der Waals surface area contributed by atoms with Crippen LogP contribution >= 0.6 is 0 Å². The minimum absolute atomic E-state index is 0.580. The number of nitrogens with one attached hydrogen (secondary N) is 1. The van der Waals surface area contributed by atoms with Crippen molar-refractivity contribution in [2.45, 2.75) is 13.3 Å². The topological polar surface area (TPSA) is 85.7 Å². The van der Waals surface area contributed by atoms with Gasteiger partial charge in [-0.2, -0.15) is 0 Å². The lowest BCUT2D eigenvalue weighted by atomic mass is 10.1. The Kier molecular flexibility index (Phi) is 4.82. The first-order valence-corrected chi connectivity index (χ1v) is 8.63. The molecule has 0 bridgehead atoms. The zero-order chi connectivity index (χ0) is 18.5. The predicted octanol–water partition coefficient (Wildman–Crippen LogP) is 3.57. The van der Waals surface area contributed by atoms with Gasteiger partial charge in [0.2, 0.25) is 5.88 Å². The molecular weight excluding hydrogens is 340 g/mol. The Morgan fingerprint density at radius 3 is 2.78 bits per heavy atom. The van der Waals surface area contributed by atoms with E-state index in [0.717, 1.165) is 23.3 Å². The van der Waals surface area contributed by atoms with E-state index in [2.05, 4.69) is 36.3 Å². The molecule has 3 heterocycles. The van der Waals surface area contributed by atoms with Crippen molar-refractivity contribution in [3.05, 3.63) is 72.4 Å². The molecule has 0 amide bonds. The fourth-order valence-electron chi connectivity index (χ4n) is 2.70. The van der Waals surface area contributed by atoms with Gasteiger partial charge in [0.1, 0.15) is 17.6 Å². The summed E-state index contributed by atoms with van der Waals surface area (Å²) in [5.41, 5.74) is 3.51. The molecule has 0 aliphatic carbocycles. The number of aromatic nitrogens is 5. The summed E-state index contributed by atoms with van der Waals surface area (Å²) in [5, 5.41) is 3.31. The van der Waals surface area contributed by atoms with Gasteiger partial charge in [0, 0.05) is 31.2 Å². The molecule has 1 aromatic carbocycles. The average molecular weight is 358 g/mol. The number of anilines is 1. The van der Waals surface area contributed by atoms with Gasteiger partial charge in [-0.1, -0.05) is 12.1 Å². The summed E-state index contributed by atoms with van der Waals surface area (Å²) in [6.07, 6.45) is 7.30. The Hall–Kier alpha value is -3.61. The lowest BCUT2D eigenvalue weighted by molar-refractivity contribution is 0.462. The lowest BCUT2D eigenvalue weighted by Crippen LogP contribution is -2.08. The number of hydrogen-bond acceptors (Lipinski definition) is 7. The highest BCUT2D eigenvalue weighted by Crippen LogP contribution is 2.21. The molecule has 4 aromatic rings. The zero-order valence-electron chi connectivity index (χ0n) is 14.8. The molecule has 3 aromatic heterocycles. The van der Waals surface area contributed by atoms with Crippen LogP contribution < -0.4 is 10.1 Å². The summed E-state index contributed by atoms with van der Waals surface area (Å²) in [4.78, 5) is 21.1. The molecule has 0 saturated heterocycles. The molecule has 0 aliphatic rings. The molecule has 0 aliphatic heterocycles. The van der Waals surface area contributed by atoms with Crippen molar-refractivity contribution in [2.24, 2.45) is 0 Å². The number of rotatable bonds is 6. The van der Waals surface area contributed by atoms with Crippen LogP contribution in [-0.2, 0) is 6.42 Å². The first-order valence-electron chi connectivity index (χ1n) is 8.63. The smallest absolute Gasteiger partial charge is 0.219 e. The molecule has 0 saturated carbocycles. The summed E-state index contributed by atoms with van der Waals surface area (Å²) in [6.45, 7) is 2.71. The van der Waals surface area contributed by atoms with Gasteiger partial charge in [-0.3, -0.25) is 0 Å². The van der Waals surface area contributed by atoms with Crippen molar-refractivity contribution in [3.8, 4) is 11.6 Å². The fourth-order valence-corrected chi connectivity index (χ4v) is 2.70. The van der Waals surface area contributed by atoms with Crippen LogP contribution in [-0.4, -0.2) is 31.5 Å². The maximum Gasteiger partial charge on any atom is 0.219 e. The third kappa shape index (κ3) is 4.14. The van der Waals surface area contributed by atoms with Crippen molar-refractivity contribution >= 4 is 17.0 Å². The van der Waals surface area contributed by atoms with E-state index in [4.69, 9.17) is 4.74 Å².